The molecule has 200 valence electrons. The highest BCUT2D eigenvalue weighted by molar-refractivity contribution is 6.05. The van der Waals surface area contributed by atoms with Crippen molar-refractivity contribution in [2.75, 3.05) is 50.6 Å². The molecule has 0 atom stereocenters. The normalized spacial score (nSPS) is 14.2. The molecule has 0 aliphatic carbocycles. The molecular weight excluding hydrogens is 476 g/mol. The quantitative estimate of drug-likeness (QED) is 0.473. The molecule has 4 rings (SSSR count). The van der Waals surface area contributed by atoms with Crippen molar-refractivity contribution in [1.29, 1.82) is 0 Å². The third kappa shape index (κ3) is 6.53. The lowest BCUT2D eigenvalue weighted by atomic mass is 9.97. The van der Waals surface area contributed by atoms with Crippen molar-refractivity contribution in [3.8, 4) is 16.9 Å². The van der Waals surface area contributed by atoms with Crippen LogP contribution in [0.1, 0.15) is 47.1 Å². The zero-order chi connectivity index (χ0) is 27.4. The van der Waals surface area contributed by atoms with Gasteiger partial charge in [-0.2, -0.15) is 0 Å². The molecule has 7 heteroatoms. The third-order valence-electron chi connectivity index (χ3n) is 6.72. The maximum Gasteiger partial charge on any atom is 0.255 e. The summed E-state index contributed by atoms with van der Waals surface area (Å²) in [6, 6.07) is 19.0. The van der Waals surface area contributed by atoms with Crippen LogP contribution in [0.25, 0.3) is 11.1 Å². The van der Waals surface area contributed by atoms with Crippen molar-refractivity contribution in [2.24, 2.45) is 0 Å². The molecular formula is C31H38N4O3. The highest BCUT2D eigenvalue weighted by Gasteiger charge is 2.19. The summed E-state index contributed by atoms with van der Waals surface area (Å²) in [7, 11) is 3.80. The molecule has 2 N–H and O–H groups in total. The Morgan fingerprint density at radius 3 is 2.11 bits per heavy atom. The van der Waals surface area contributed by atoms with Gasteiger partial charge in [-0.3, -0.25) is 9.59 Å². The third-order valence-corrected chi connectivity index (χ3v) is 6.72. The number of nitrogens with one attached hydrogen (secondary N) is 2. The van der Waals surface area contributed by atoms with Gasteiger partial charge in [-0.15, -0.1) is 0 Å². The second-order valence-electron chi connectivity index (χ2n) is 10.9. The first-order chi connectivity index (χ1) is 18.0. The number of carbonyl (C=O) groups excluding carboxylic acids is 2. The van der Waals surface area contributed by atoms with Crippen LogP contribution in [0.2, 0.25) is 0 Å². The standard InChI is InChI=1S/C31H38N4O3/c1-21-19-24(30(37)33-31(2,3)4)11-13-26(21)22-7-9-23(10-8-22)29(36)32-25-12-14-28(38-6)27(20-25)35-17-15-34(5)16-18-35/h7-14,19-20H,15-18H2,1-6H3,(H,32,36)(H,33,37). The summed E-state index contributed by atoms with van der Waals surface area (Å²) < 4.78 is 5.59. The van der Waals surface area contributed by atoms with Gasteiger partial charge in [-0.05, 0) is 93.9 Å². The number of aryl methyl sites for hydroxylation is 1. The average Bonchev–Trinajstić information content (AvgIpc) is 2.88. The average molecular weight is 515 g/mol. The summed E-state index contributed by atoms with van der Waals surface area (Å²) in [5.41, 5.74) is 5.64. The Balaban J connectivity index is 1.47. The first-order valence-corrected chi connectivity index (χ1v) is 13.0. The summed E-state index contributed by atoms with van der Waals surface area (Å²) in [6.45, 7) is 11.7. The minimum atomic E-state index is -0.294. The number of anilines is 2. The summed E-state index contributed by atoms with van der Waals surface area (Å²) in [6.07, 6.45) is 0. The van der Waals surface area contributed by atoms with Crippen molar-refractivity contribution in [2.45, 2.75) is 33.2 Å². The fourth-order valence-electron chi connectivity index (χ4n) is 4.61. The largest absolute Gasteiger partial charge is 0.495 e. The minimum absolute atomic E-state index is 0.0894. The molecule has 1 aliphatic rings. The Bertz CT molecular complexity index is 1300. The number of carbonyl (C=O) groups is 2. The van der Waals surface area contributed by atoms with Gasteiger partial charge in [0, 0.05) is 48.5 Å². The number of amides is 2. The molecule has 0 unspecified atom stereocenters. The molecule has 0 radical (unpaired) electrons. The molecule has 2 amide bonds. The van der Waals surface area contributed by atoms with Crippen molar-refractivity contribution < 1.29 is 14.3 Å². The highest BCUT2D eigenvalue weighted by atomic mass is 16.5. The molecule has 1 aliphatic heterocycles. The molecule has 0 bridgehead atoms. The SMILES string of the molecule is COc1ccc(NC(=O)c2ccc(-c3ccc(C(=O)NC(C)(C)C)cc3C)cc2)cc1N1CCN(C)CC1. The lowest BCUT2D eigenvalue weighted by Gasteiger charge is -2.34. The monoisotopic (exact) mass is 514 g/mol. The fourth-order valence-corrected chi connectivity index (χ4v) is 4.61. The zero-order valence-corrected chi connectivity index (χ0v) is 23.2. The number of likely N-dealkylation sites (N-methyl/N-ethyl adjacent to an activating group) is 1. The van der Waals surface area contributed by atoms with Gasteiger partial charge in [-0.25, -0.2) is 0 Å². The van der Waals surface area contributed by atoms with E-state index in [1.165, 1.54) is 0 Å². The predicted octanol–water partition coefficient (Wildman–Crippen LogP) is 5.20. The molecule has 0 spiro atoms. The Hall–Kier alpha value is -3.84. The number of hydrogen-bond acceptors (Lipinski definition) is 5. The number of nitrogens with zero attached hydrogens (tertiary/aromatic N) is 2. The number of hydrogen-bond donors (Lipinski definition) is 2. The molecule has 7 nitrogen and oxygen atoms in total. The number of piperazine rings is 1. The number of benzene rings is 3. The van der Waals surface area contributed by atoms with Crippen molar-refractivity contribution >= 4 is 23.2 Å². The van der Waals surface area contributed by atoms with Gasteiger partial charge < -0.3 is 25.2 Å². The Kier molecular flexibility index (Phi) is 8.07. The number of methoxy groups -OCH3 is 1. The van der Waals surface area contributed by atoms with Gasteiger partial charge in [-0.1, -0.05) is 18.2 Å². The van der Waals surface area contributed by atoms with Gasteiger partial charge in [0.15, 0.2) is 0 Å². The van der Waals surface area contributed by atoms with Crippen molar-refractivity contribution in [1.82, 2.24) is 10.2 Å². The minimum Gasteiger partial charge on any atom is -0.495 e. The molecule has 0 aromatic heterocycles. The molecule has 38 heavy (non-hydrogen) atoms. The fraction of sp³-hybridized carbons (Fsp3) is 0.355. The van der Waals surface area contributed by atoms with Gasteiger partial charge in [0.25, 0.3) is 11.8 Å². The van der Waals surface area contributed by atoms with Gasteiger partial charge in [0.2, 0.25) is 0 Å². The van der Waals surface area contributed by atoms with Crippen LogP contribution in [0.15, 0.2) is 60.7 Å². The molecule has 0 saturated carbocycles. The molecule has 1 heterocycles. The van der Waals surface area contributed by atoms with Crippen LogP contribution in [-0.4, -0.2) is 62.6 Å². The van der Waals surface area contributed by atoms with Crippen LogP contribution in [0.5, 0.6) is 5.75 Å². The lowest BCUT2D eigenvalue weighted by molar-refractivity contribution is 0.0918. The molecule has 1 fully saturated rings. The van der Waals surface area contributed by atoms with Crippen LogP contribution in [-0.2, 0) is 0 Å². The van der Waals surface area contributed by atoms with Gasteiger partial charge in [0.05, 0.1) is 12.8 Å². The van der Waals surface area contributed by atoms with E-state index in [0.29, 0.717) is 11.1 Å². The second-order valence-corrected chi connectivity index (χ2v) is 10.9. The predicted molar refractivity (Wildman–Crippen MR) is 154 cm³/mol. The van der Waals surface area contributed by atoms with Crippen LogP contribution >= 0.6 is 0 Å². The number of rotatable bonds is 6. The summed E-state index contributed by atoms with van der Waals surface area (Å²) in [5, 5.41) is 6.03. The molecule has 3 aromatic carbocycles. The van der Waals surface area contributed by atoms with E-state index in [4.69, 9.17) is 4.74 Å². The zero-order valence-electron chi connectivity index (χ0n) is 23.2. The van der Waals surface area contributed by atoms with Gasteiger partial charge >= 0.3 is 0 Å². The highest BCUT2D eigenvalue weighted by Crippen LogP contribution is 2.32. The van der Waals surface area contributed by atoms with Crippen LogP contribution in [0.3, 0.4) is 0 Å². The van der Waals surface area contributed by atoms with Crippen molar-refractivity contribution in [3.05, 3.63) is 77.4 Å². The second kappa shape index (κ2) is 11.3. The van der Waals surface area contributed by atoms with Crippen molar-refractivity contribution in [3.63, 3.8) is 0 Å². The van der Waals surface area contributed by atoms with E-state index in [-0.39, 0.29) is 17.4 Å². The van der Waals surface area contributed by atoms with Crippen LogP contribution in [0.4, 0.5) is 11.4 Å². The summed E-state index contributed by atoms with van der Waals surface area (Å²) in [5.74, 6) is 0.541. The first kappa shape index (κ1) is 27.2. The van der Waals surface area contributed by atoms with E-state index >= 15 is 0 Å². The van der Waals surface area contributed by atoms with E-state index in [9.17, 15) is 9.59 Å². The number of ether oxygens (including phenoxy) is 1. The van der Waals surface area contributed by atoms with E-state index in [1.807, 2.05) is 88.4 Å². The van der Waals surface area contributed by atoms with E-state index in [2.05, 4.69) is 27.5 Å². The summed E-state index contributed by atoms with van der Waals surface area (Å²) in [4.78, 5) is 30.2. The summed E-state index contributed by atoms with van der Waals surface area (Å²) >= 11 is 0. The molecule has 3 aromatic rings. The topological polar surface area (TPSA) is 73.9 Å². The van der Waals surface area contributed by atoms with Crippen LogP contribution < -0.4 is 20.3 Å². The maximum absolute atomic E-state index is 13.0. The maximum atomic E-state index is 13.0. The Morgan fingerprint density at radius 2 is 1.50 bits per heavy atom. The Morgan fingerprint density at radius 1 is 0.842 bits per heavy atom. The van der Waals surface area contributed by atoms with E-state index < -0.39 is 0 Å². The first-order valence-electron chi connectivity index (χ1n) is 13.0. The van der Waals surface area contributed by atoms with Crippen LogP contribution in [0, 0.1) is 6.92 Å². The smallest absolute Gasteiger partial charge is 0.255 e. The van der Waals surface area contributed by atoms with E-state index in [0.717, 1.165) is 60.0 Å². The Labute approximate surface area is 225 Å². The van der Waals surface area contributed by atoms with Gasteiger partial charge in [0.1, 0.15) is 5.75 Å². The molecule has 1 saturated heterocycles. The lowest BCUT2D eigenvalue weighted by Crippen LogP contribution is -2.44. The van der Waals surface area contributed by atoms with E-state index in [1.54, 1.807) is 7.11 Å².